The van der Waals surface area contributed by atoms with Crippen LogP contribution in [0.3, 0.4) is 0 Å². The Morgan fingerprint density at radius 3 is 2.70 bits per heavy atom. The van der Waals surface area contributed by atoms with Crippen molar-refractivity contribution in [3.05, 3.63) is 69.9 Å². The van der Waals surface area contributed by atoms with Gasteiger partial charge in [0, 0.05) is 11.6 Å². The molecule has 0 amide bonds. The van der Waals surface area contributed by atoms with E-state index in [9.17, 15) is 19.3 Å². The fourth-order valence-electron chi connectivity index (χ4n) is 2.20. The summed E-state index contributed by atoms with van der Waals surface area (Å²) in [6.45, 7) is -0.300. The molecule has 0 aliphatic rings. The molecule has 0 aliphatic carbocycles. The molecular formula is C17H12FN3O5S. The number of carbonyl (C=O) groups is 1. The lowest BCUT2D eigenvalue weighted by molar-refractivity contribution is -0.387. The third-order valence-corrected chi connectivity index (χ3v) is 4.29. The summed E-state index contributed by atoms with van der Waals surface area (Å²) in [6.07, 6.45) is 1.70. The van der Waals surface area contributed by atoms with Gasteiger partial charge in [-0.15, -0.1) is 11.8 Å². The van der Waals surface area contributed by atoms with Crippen LogP contribution in [0.25, 0.3) is 11.4 Å². The standard InChI is InChI=1S/C17H12FN3O5S/c1-27-14-7-4-11(8-13(14)21(23)24)17(22)25-9-15-19-16(20-26-15)10-2-5-12(18)6-3-10/h2-8H,9H2,1H3. The number of nitro benzene ring substituents is 1. The molecular weight excluding hydrogens is 377 g/mol. The van der Waals surface area contributed by atoms with Gasteiger partial charge >= 0.3 is 5.97 Å². The molecule has 8 nitrogen and oxygen atoms in total. The molecule has 3 aromatic rings. The summed E-state index contributed by atoms with van der Waals surface area (Å²) in [6, 6.07) is 9.58. The van der Waals surface area contributed by atoms with Crippen molar-refractivity contribution in [2.45, 2.75) is 11.5 Å². The number of nitro groups is 1. The molecule has 2 aromatic carbocycles. The highest BCUT2D eigenvalue weighted by Gasteiger charge is 2.19. The largest absolute Gasteiger partial charge is 0.452 e. The van der Waals surface area contributed by atoms with Crippen molar-refractivity contribution in [2.24, 2.45) is 0 Å². The summed E-state index contributed by atoms with van der Waals surface area (Å²) in [5.74, 6) is -0.885. The topological polar surface area (TPSA) is 108 Å². The predicted octanol–water partition coefficient (Wildman–Crippen LogP) is 3.86. The van der Waals surface area contributed by atoms with E-state index < -0.39 is 16.7 Å². The average molecular weight is 389 g/mol. The van der Waals surface area contributed by atoms with Crippen LogP contribution in [0.1, 0.15) is 16.2 Å². The molecule has 0 saturated carbocycles. The van der Waals surface area contributed by atoms with Gasteiger partial charge in [-0.05, 0) is 42.7 Å². The predicted molar refractivity (Wildman–Crippen MR) is 93.7 cm³/mol. The van der Waals surface area contributed by atoms with E-state index >= 15 is 0 Å². The van der Waals surface area contributed by atoms with Crippen LogP contribution < -0.4 is 0 Å². The first-order valence-electron chi connectivity index (χ1n) is 7.56. The Kier molecular flexibility index (Phi) is 5.46. The van der Waals surface area contributed by atoms with Crippen LogP contribution in [0.4, 0.5) is 10.1 Å². The van der Waals surface area contributed by atoms with Crippen LogP contribution in [0, 0.1) is 15.9 Å². The number of halogens is 1. The lowest BCUT2D eigenvalue weighted by atomic mass is 10.2. The van der Waals surface area contributed by atoms with Gasteiger partial charge in [0.25, 0.3) is 11.6 Å². The molecule has 0 spiro atoms. The number of thioether (sulfide) groups is 1. The van der Waals surface area contributed by atoms with Crippen molar-refractivity contribution in [1.82, 2.24) is 10.1 Å². The molecule has 0 bridgehead atoms. The molecule has 0 N–H and O–H groups in total. The zero-order chi connectivity index (χ0) is 19.4. The van der Waals surface area contributed by atoms with Gasteiger partial charge in [0.2, 0.25) is 5.82 Å². The Morgan fingerprint density at radius 2 is 2.04 bits per heavy atom. The van der Waals surface area contributed by atoms with E-state index in [1.165, 1.54) is 48.2 Å². The van der Waals surface area contributed by atoms with Gasteiger partial charge in [-0.25, -0.2) is 9.18 Å². The Hall–Kier alpha value is -3.27. The van der Waals surface area contributed by atoms with Crippen molar-refractivity contribution < 1.29 is 23.4 Å². The second kappa shape index (κ2) is 7.96. The molecule has 138 valence electrons. The molecule has 0 saturated heterocycles. The van der Waals surface area contributed by atoms with Crippen LogP contribution in [0.15, 0.2) is 51.9 Å². The normalized spacial score (nSPS) is 10.6. The summed E-state index contributed by atoms with van der Waals surface area (Å²) < 4.78 is 23.0. The molecule has 1 heterocycles. The first kappa shape index (κ1) is 18.5. The Labute approximate surface area is 156 Å². The summed E-state index contributed by atoms with van der Waals surface area (Å²) in [5, 5.41) is 14.8. The first-order chi connectivity index (χ1) is 13.0. The maximum Gasteiger partial charge on any atom is 0.338 e. The van der Waals surface area contributed by atoms with E-state index in [-0.39, 0.29) is 29.6 Å². The zero-order valence-corrected chi connectivity index (χ0v) is 14.7. The molecule has 27 heavy (non-hydrogen) atoms. The molecule has 0 fully saturated rings. The molecule has 0 aliphatic heterocycles. The minimum atomic E-state index is -0.757. The maximum atomic E-state index is 12.9. The molecule has 0 radical (unpaired) electrons. The van der Waals surface area contributed by atoms with Gasteiger partial charge in [0.1, 0.15) is 5.82 Å². The Bertz CT molecular complexity index is 990. The number of esters is 1. The van der Waals surface area contributed by atoms with Crippen LogP contribution in [-0.2, 0) is 11.3 Å². The maximum absolute atomic E-state index is 12.9. The minimum Gasteiger partial charge on any atom is -0.452 e. The van der Waals surface area contributed by atoms with Crippen LogP contribution in [0.5, 0.6) is 0 Å². The summed E-state index contributed by atoms with van der Waals surface area (Å²) in [7, 11) is 0. The van der Waals surface area contributed by atoms with E-state index in [2.05, 4.69) is 10.1 Å². The Morgan fingerprint density at radius 1 is 1.30 bits per heavy atom. The number of nitrogens with zero attached hydrogens (tertiary/aromatic N) is 3. The SMILES string of the molecule is CSc1ccc(C(=O)OCc2nc(-c3ccc(F)cc3)no2)cc1[N+](=O)[O-]. The fraction of sp³-hybridized carbons (Fsp3) is 0.118. The summed E-state index contributed by atoms with van der Waals surface area (Å²) in [5.41, 5.74) is 0.409. The summed E-state index contributed by atoms with van der Waals surface area (Å²) in [4.78, 5) is 27.1. The van der Waals surface area contributed by atoms with E-state index in [0.29, 0.717) is 10.5 Å². The van der Waals surface area contributed by atoms with Crippen LogP contribution in [0.2, 0.25) is 0 Å². The highest BCUT2D eigenvalue weighted by molar-refractivity contribution is 7.98. The van der Waals surface area contributed by atoms with E-state index in [1.807, 2.05) is 0 Å². The summed E-state index contributed by atoms with van der Waals surface area (Å²) >= 11 is 1.21. The van der Waals surface area contributed by atoms with Gasteiger partial charge in [-0.1, -0.05) is 5.16 Å². The van der Waals surface area contributed by atoms with Crippen molar-refractivity contribution in [3.63, 3.8) is 0 Å². The minimum absolute atomic E-state index is 0.0396. The number of rotatable bonds is 6. The van der Waals surface area contributed by atoms with Gasteiger partial charge < -0.3 is 9.26 Å². The smallest absolute Gasteiger partial charge is 0.338 e. The fourth-order valence-corrected chi connectivity index (χ4v) is 2.75. The second-order valence-corrected chi connectivity index (χ2v) is 6.09. The zero-order valence-electron chi connectivity index (χ0n) is 13.9. The number of hydrogen-bond donors (Lipinski definition) is 0. The third-order valence-electron chi connectivity index (χ3n) is 3.51. The molecule has 0 unspecified atom stereocenters. The number of hydrogen-bond acceptors (Lipinski definition) is 8. The van der Waals surface area contributed by atoms with E-state index in [0.717, 1.165) is 6.07 Å². The highest BCUT2D eigenvalue weighted by Crippen LogP contribution is 2.28. The Balaban J connectivity index is 1.68. The third kappa shape index (κ3) is 4.29. The van der Waals surface area contributed by atoms with E-state index in [4.69, 9.17) is 9.26 Å². The molecule has 1 aromatic heterocycles. The monoisotopic (exact) mass is 389 g/mol. The van der Waals surface area contributed by atoms with Gasteiger partial charge in [-0.3, -0.25) is 10.1 Å². The highest BCUT2D eigenvalue weighted by atomic mass is 32.2. The van der Waals surface area contributed by atoms with Gasteiger partial charge in [0.05, 0.1) is 15.4 Å². The van der Waals surface area contributed by atoms with Crippen LogP contribution >= 0.6 is 11.8 Å². The lowest BCUT2D eigenvalue weighted by Crippen LogP contribution is -2.06. The van der Waals surface area contributed by atoms with Gasteiger partial charge in [-0.2, -0.15) is 4.98 Å². The van der Waals surface area contributed by atoms with Gasteiger partial charge in [0.15, 0.2) is 6.61 Å². The van der Waals surface area contributed by atoms with Crippen molar-refractivity contribution >= 4 is 23.4 Å². The van der Waals surface area contributed by atoms with Crippen molar-refractivity contribution in [3.8, 4) is 11.4 Å². The van der Waals surface area contributed by atoms with Crippen molar-refractivity contribution in [1.29, 1.82) is 0 Å². The van der Waals surface area contributed by atoms with E-state index in [1.54, 1.807) is 6.26 Å². The molecule has 0 atom stereocenters. The number of aromatic nitrogens is 2. The number of carbonyl (C=O) groups excluding carboxylic acids is 1. The molecule has 3 rings (SSSR count). The number of benzene rings is 2. The average Bonchev–Trinajstić information content (AvgIpc) is 3.15. The van der Waals surface area contributed by atoms with Crippen molar-refractivity contribution in [2.75, 3.05) is 6.26 Å². The first-order valence-corrected chi connectivity index (χ1v) is 8.78. The molecule has 10 heteroatoms. The number of ether oxygens (including phenoxy) is 1. The van der Waals surface area contributed by atoms with Crippen LogP contribution in [-0.4, -0.2) is 27.3 Å². The lowest BCUT2D eigenvalue weighted by Gasteiger charge is -2.04. The quantitative estimate of drug-likeness (QED) is 0.271. The second-order valence-electron chi connectivity index (χ2n) is 5.24.